The SMILES string of the molecule is Cc1cc(C)c(C(=O)N2[C@H](C)CCC[C@@H]2C)cc1N. The average molecular weight is 260 g/mol. The summed E-state index contributed by atoms with van der Waals surface area (Å²) < 4.78 is 0. The number of piperidine rings is 1. The number of likely N-dealkylation sites (tertiary alicyclic amines) is 1. The van der Waals surface area contributed by atoms with Gasteiger partial charge in [0.05, 0.1) is 0 Å². The zero-order valence-corrected chi connectivity index (χ0v) is 12.4. The second-order valence-corrected chi connectivity index (χ2v) is 5.87. The minimum Gasteiger partial charge on any atom is -0.398 e. The third kappa shape index (κ3) is 2.60. The number of benzene rings is 1. The fraction of sp³-hybridized carbons (Fsp3) is 0.562. The van der Waals surface area contributed by atoms with E-state index in [1.54, 1.807) is 0 Å². The van der Waals surface area contributed by atoms with Gasteiger partial charge in [-0.25, -0.2) is 0 Å². The van der Waals surface area contributed by atoms with E-state index in [1.807, 2.05) is 30.9 Å². The van der Waals surface area contributed by atoms with E-state index in [-0.39, 0.29) is 5.91 Å². The summed E-state index contributed by atoms with van der Waals surface area (Å²) in [6, 6.07) is 4.47. The highest BCUT2D eigenvalue weighted by atomic mass is 16.2. The Morgan fingerprint density at radius 3 is 2.32 bits per heavy atom. The molecule has 2 N–H and O–H groups in total. The van der Waals surface area contributed by atoms with Crippen molar-refractivity contribution in [2.24, 2.45) is 0 Å². The first-order chi connectivity index (χ1) is 8.91. The lowest BCUT2D eigenvalue weighted by Gasteiger charge is -2.39. The van der Waals surface area contributed by atoms with Crippen molar-refractivity contribution in [3.05, 3.63) is 28.8 Å². The van der Waals surface area contributed by atoms with Crippen LogP contribution in [0.25, 0.3) is 0 Å². The molecule has 1 aliphatic heterocycles. The van der Waals surface area contributed by atoms with Gasteiger partial charge in [0.15, 0.2) is 0 Å². The van der Waals surface area contributed by atoms with Gasteiger partial charge in [-0.1, -0.05) is 6.07 Å². The summed E-state index contributed by atoms with van der Waals surface area (Å²) in [6.07, 6.45) is 3.40. The molecular weight excluding hydrogens is 236 g/mol. The molecule has 1 aromatic rings. The standard InChI is InChI=1S/C16H24N2O/c1-10-8-11(2)15(17)9-14(10)16(19)18-12(3)6-5-7-13(18)4/h8-9,12-13H,5-7,17H2,1-4H3/t12-,13+. The third-order valence-corrected chi connectivity index (χ3v) is 4.27. The highest BCUT2D eigenvalue weighted by molar-refractivity contribution is 5.97. The predicted octanol–water partition coefficient (Wildman–Crippen LogP) is 3.29. The number of hydrogen-bond acceptors (Lipinski definition) is 2. The Morgan fingerprint density at radius 1 is 1.16 bits per heavy atom. The van der Waals surface area contributed by atoms with Crippen LogP contribution in [0, 0.1) is 13.8 Å². The molecule has 1 heterocycles. The molecule has 1 aromatic carbocycles. The van der Waals surface area contributed by atoms with Crippen LogP contribution in [0.15, 0.2) is 12.1 Å². The van der Waals surface area contributed by atoms with Crippen LogP contribution in [-0.2, 0) is 0 Å². The van der Waals surface area contributed by atoms with Crippen molar-refractivity contribution in [2.45, 2.75) is 59.0 Å². The molecule has 2 rings (SSSR count). The van der Waals surface area contributed by atoms with Gasteiger partial charge in [0.2, 0.25) is 0 Å². The van der Waals surface area contributed by atoms with Crippen LogP contribution in [0.2, 0.25) is 0 Å². The fourth-order valence-electron chi connectivity index (χ4n) is 3.06. The molecule has 0 radical (unpaired) electrons. The lowest BCUT2D eigenvalue weighted by Crippen LogP contribution is -2.47. The minimum absolute atomic E-state index is 0.129. The molecule has 1 amide bonds. The molecule has 0 unspecified atom stereocenters. The molecule has 19 heavy (non-hydrogen) atoms. The number of rotatable bonds is 1. The molecule has 104 valence electrons. The van der Waals surface area contributed by atoms with E-state index in [1.165, 1.54) is 6.42 Å². The summed E-state index contributed by atoms with van der Waals surface area (Å²) in [4.78, 5) is 14.8. The molecule has 3 nitrogen and oxygen atoms in total. The summed E-state index contributed by atoms with van der Waals surface area (Å²) in [6.45, 7) is 8.24. The molecule has 0 saturated carbocycles. The maximum absolute atomic E-state index is 12.8. The number of amides is 1. The molecule has 1 aliphatic rings. The van der Waals surface area contributed by atoms with Crippen molar-refractivity contribution < 1.29 is 4.79 Å². The van der Waals surface area contributed by atoms with Crippen molar-refractivity contribution in [1.29, 1.82) is 0 Å². The molecule has 0 aliphatic carbocycles. The fourth-order valence-corrected chi connectivity index (χ4v) is 3.06. The third-order valence-electron chi connectivity index (χ3n) is 4.27. The smallest absolute Gasteiger partial charge is 0.254 e. The molecule has 1 saturated heterocycles. The second-order valence-electron chi connectivity index (χ2n) is 5.87. The van der Waals surface area contributed by atoms with Gasteiger partial charge < -0.3 is 10.6 Å². The van der Waals surface area contributed by atoms with E-state index in [0.29, 0.717) is 17.8 Å². The van der Waals surface area contributed by atoms with Gasteiger partial charge in [-0.3, -0.25) is 4.79 Å². The maximum atomic E-state index is 12.8. The predicted molar refractivity (Wildman–Crippen MR) is 79.3 cm³/mol. The van der Waals surface area contributed by atoms with E-state index in [0.717, 1.165) is 29.5 Å². The first-order valence-electron chi connectivity index (χ1n) is 7.11. The second kappa shape index (κ2) is 5.24. The normalized spacial score (nSPS) is 23.5. The number of carbonyl (C=O) groups is 1. The molecule has 0 spiro atoms. The zero-order chi connectivity index (χ0) is 14.2. The Morgan fingerprint density at radius 2 is 1.74 bits per heavy atom. The molecule has 0 bridgehead atoms. The van der Waals surface area contributed by atoms with Gasteiger partial charge in [0, 0.05) is 23.3 Å². The lowest BCUT2D eigenvalue weighted by molar-refractivity contribution is 0.0510. The molecule has 0 aromatic heterocycles. The van der Waals surface area contributed by atoms with Crippen LogP contribution in [0.1, 0.15) is 54.6 Å². The molecule has 1 fully saturated rings. The molecular formula is C16H24N2O. The molecule has 2 atom stereocenters. The highest BCUT2D eigenvalue weighted by Gasteiger charge is 2.30. The van der Waals surface area contributed by atoms with E-state index in [2.05, 4.69) is 13.8 Å². The summed E-state index contributed by atoms with van der Waals surface area (Å²) >= 11 is 0. The van der Waals surface area contributed by atoms with Crippen LogP contribution >= 0.6 is 0 Å². The number of hydrogen-bond donors (Lipinski definition) is 1. The van der Waals surface area contributed by atoms with Crippen LogP contribution in [-0.4, -0.2) is 22.9 Å². The van der Waals surface area contributed by atoms with Crippen molar-refractivity contribution in [3.8, 4) is 0 Å². The quantitative estimate of drug-likeness (QED) is 0.788. The Hall–Kier alpha value is -1.51. The number of nitrogens with zero attached hydrogens (tertiary/aromatic N) is 1. The number of carbonyl (C=O) groups excluding carboxylic acids is 1. The topological polar surface area (TPSA) is 46.3 Å². The van der Waals surface area contributed by atoms with Gasteiger partial charge in [0.25, 0.3) is 5.91 Å². The van der Waals surface area contributed by atoms with E-state index >= 15 is 0 Å². The Kier molecular flexibility index (Phi) is 3.83. The zero-order valence-electron chi connectivity index (χ0n) is 12.4. The Bertz CT molecular complexity index is 486. The summed E-state index contributed by atoms with van der Waals surface area (Å²) in [7, 11) is 0. The van der Waals surface area contributed by atoms with Crippen LogP contribution in [0.5, 0.6) is 0 Å². The van der Waals surface area contributed by atoms with Crippen LogP contribution < -0.4 is 5.73 Å². The van der Waals surface area contributed by atoms with Gasteiger partial charge in [-0.2, -0.15) is 0 Å². The minimum atomic E-state index is 0.129. The summed E-state index contributed by atoms with van der Waals surface area (Å²) in [5.41, 5.74) is 9.46. The van der Waals surface area contributed by atoms with Gasteiger partial charge in [0.1, 0.15) is 0 Å². The summed E-state index contributed by atoms with van der Waals surface area (Å²) in [5, 5.41) is 0. The van der Waals surface area contributed by atoms with Crippen molar-refractivity contribution in [3.63, 3.8) is 0 Å². The van der Waals surface area contributed by atoms with Gasteiger partial charge in [-0.05, 0) is 64.2 Å². The number of nitrogen functional groups attached to an aromatic ring is 1. The van der Waals surface area contributed by atoms with E-state index < -0.39 is 0 Å². The van der Waals surface area contributed by atoms with E-state index in [4.69, 9.17) is 5.73 Å². The van der Waals surface area contributed by atoms with Crippen LogP contribution in [0.4, 0.5) is 5.69 Å². The van der Waals surface area contributed by atoms with Gasteiger partial charge >= 0.3 is 0 Å². The maximum Gasteiger partial charge on any atom is 0.254 e. The van der Waals surface area contributed by atoms with Crippen LogP contribution in [0.3, 0.4) is 0 Å². The van der Waals surface area contributed by atoms with Crippen molar-refractivity contribution in [1.82, 2.24) is 4.90 Å². The number of nitrogens with two attached hydrogens (primary N) is 1. The largest absolute Gasteiger partial charge is 0.398 e. The number of aryl methyl sites for hydroxylation is 2. The first kappa shape index (κ1) is 13.9. The Labute approximate surface area is 115 Å². The molecule has 3 heteroatoms. The van der Waals surface area contributed by atoms with Crippen molar-refractivity contribution >= 4 is 11.6 Å². The first-order valence-corrected chi connectivity index (χ1v) is 7.11. The average Bonchev–Trinajstić information content (AvgIpc) is 2.33. The van der Waals surface area contributed by atoms with E-state index in [9.17, 15) is 4.79 Å². The lowest BCUT2D eigenvalue weighted by atomic mass is 9.95. The monoisotopic (exact) mass is 260 g/mol. The van der Waals surface area contributed by atoms with Crippen molar-refractivity contribution in [2.75, 3.05) is 5.73 Å². The summed E-state index contributed by atoms with van der Waals surface area (Å²) in [5.74, 6) is 0.129. The van der Waals surface area contributed by atoms with Gasteiger partial charge in [-0.15, -0.1) is 0 Å². The Balaban J connectivity index is 2.35. The number of anilines is 1. The highest BCUT2D eigenvalue weighted by Crippen LogP contribution is 2.27.